The molecule has 1 aromatic carbocycles. The van der Waals surface area contributed by atoms with E-state index in [2.05, 4.69) is 5.32 Å². The van der Waals surface area contributed by atoms with Crippen molar-refractivity contribution in [3.63, 3.8) is 0 Å². The summed E-state index contributed by atoms with van der Waals surface area (Å²) in [4.78, 5) is 55.9. The van der Waals surface area contributed by atoms with Crippen molar-refractivity contribution in [1.82, 2.24) is 9.55 Å². The van der Waals surface area contributed by atoms with Gasteiger partial charge in [-0.05, 0) is 17.7 Å². The Morgan fingerprint density at radius 3 is 2.16 bits per heavy atom. The number of carboxylic acid groups (broad SMARTS) is 1. The highest BCUT2D eigenvalue weighted by Crippen LogP contribution is 2.13. The highest BCUT2D eigenvalue weighted by molar-refractivity contribution is 5.97. The number of amides is 2. The lowest BCUT2D eigenvalue weighted by Crippen LogP contribution is -2.38. The van der Waals surface area contributed by atoms with Crippen LogP contribution in [0.5, 0.6) is 0 Å². The molecule has 2 aromatic rings. The summed E-state index contributed by atoms with van der Waals surface area (Å²) in [5.41, 5.74) is 9.74. The number of nitrogens with zero attached hydrogens (tertiary/aromatic N) is 1. The number of anilines is 1. The number of H-pyrrole nitrogens is 1. The molecule has 2 amide bonds. The van der Waals surface area contributed by atoms with E-state index in [0.717, 1.165) is 10.8 Å². The van der Waals surface area contributed by atoms with Crippen LogP contribution in [-0.4, -0.2) is 44.7 Å². The number of aromatic amines is 1. The molecule has 0 fully saturated rings. The standard InChI is InChI=1S/C15H16FN5O4.C2HF3O2/c16-10-7-21(15(25)20-13(10)23)6-8-1-3-9(4-2-8)19-14(24)11(17)5-12(18)22;3-2(4,5)1(6)7/h1-4,7,11H,5-6,17H2,(H2,18,22)(H,19,24)(H,20,23,25);(H,6,7)/t11-;/m1./s1. The minimum Gasteiger partial charge on any atom is -0.475 e. The van der Waals surface area contributed by atoms with Gasteiger partial charge in [-0.25, -0.2) is 9.59 Å². The molecular formula is C17H17F4N5O6. The van der Waals surface area contributed by atoms with Gasteiger partial charge < -0.3 is 21.9 Å². The van der Waals surface area contributed by atoms with Gasteiger partial charge in [0.05, 0.1) is 25.2 Å². The quantitative estimate of drug-likeness (QED) is 0.357. The Bertz CT molecular complexity index is 1090. The summed E-state index contributed by atoms with van der Waals surface area (Å²) in [6.45, 7) is 0.0297. The molecule has 174 valence electrons. The number of aromatic nitrogens is 2. The van der Waals surface area contributed by atoms with Gasteiger partial charge in [0.1, 0.15) is 0 Å². The van der Waals surface area contributed by atoms with Crippen LogP contribution in [0.4, 0.5) is 23.2 Å². The van der Waals surface area contributed by atoms with Gasteiger partial charge in [0.2, 0.25) is 17.6 Å². The normalized spacial score (nSPS) is 11.7. The molecule has 7 N–H and O–H groups in total. The second-order valence-electron chi connectivity index (χ2n) is 6.13. The van der Waals surface area contributed by atoms with Crippen LogP contribution in [0.1, 0.15) is 12.0 Å². The number of aliphatic carboxylic acids is 1. The number of hydrogen-bond acceptors (Lipinski definition) is 6. The monoisotopic (exact) mass is 463 g/mol. The molecule has 0 aliphatic heterocycles. The Balaban J connectivity index is 0.000000633. The molecule has 15 heteroatoms. The molecule has 0 saturated carbocycles. The van der Waals surface area contributed by atoms with Gasteiger partial charge >= 0.3 is 17.8 Å². The van der Waals surface area contributed by atoms with Gasteiger partial charge in [-0.2, -0.15) is 17.6 Å². The van der Waals surface area contributed by atoms with Crippen LogP contribution in [0.3, 0.4) is 0 Å². The van der Waals surface area contributed by atoms with E-state index in [1.54, 1.807) is 24.3 Å². The number of nitrogens with one attached hydrogen (secondary N) is 2. The maximum atomic E-state index is 13.2. The van der Waals surface area contributed by atoms with Crippen molar-refractivity contribution in [1.29, 1.82) is 0 Å². The van der Waals surface area contributed by atoms with Crippen LogP contribution in [0, 0.1) is 5.82 Å². The number of halogens is 4. The topological polar surface area (TPSA) is 190 Å². The first-order chi connectivity index (χ1) is 14.7. The fourth-order valence-corrected chi connectivity index (χ4v) is 2.03. The van der Waals surface area contributed by atoms with Crippen molar-refractivity contribution in [3.8, 4) is 0 Å². The van der Waals surface area contributed by atoms with Crippen LogP contribution in [0.25, 0.3) is 0 Å². The smallest absolute Gasteiger partial charge is 0.475 e. The van der Waals surface area contributed by atoms with E-state index in [-0.39, 0.29) is 13.0 Å². The predicted octanol–water partition coefficient (Wildman–Crippen LogP) is -0.501. The molecule has 2 rings (SSSR count). The Labute approximate surface area is 175 Å². The van der Waals surface area contributed by atoms with Gasteiger partial charge in [-0.15, -0.1) is 0 Å². The molecule has 1 aromatic heterocycles. The largest absolute Gasteiger partial charge is 0.490 e. The van der Waals surface area contributed by atoms with Crippen molar-refractivity contribution >= 4 is 23.5 Å². The van der Waals surface area contributed by atoms with Crippen molar-refractivity contribution in [2.45, 2.75) is 25.2 Å². The summed E-state index contributed by atoms with van der Waals surface area (Å²) in [5, 5.41) is 9.64. The van der Waals surface area contributed by atoms with Crippen LogP contribution in [-0.2, 0) is 20.9 Å². The minimum atomic E-state index is -5.08. The number of carbonyl (C=O) groups is 3. The number of primary amides is 1. The van der Waals surface area contributed by atoms with Crippen molar-refractivity contribution in [3.05, 3.63) is 62.7 Å². The molecule has 1 atom stereocenters. The summed E-state index contributed by atoms with van der Waals surface area (Å²) in [6, 6.07) is 5.25. The lowest BCUT2D eigenvalue weighted by molar-refractivity contribution is -0.192. The Morgan fingerprint density at radius 1 is 1.16 bits per heavy atom. The van der Waals surface area contributed by atoms with E-state index in [4.69, 9.17) is 21.4 Å². The average molecular weight is 463 g/mol. The van der Waals surface area contributed by atoms with Crippen molar-refractivity contribution < 1.29 is 37.1 Å². The molecule has 0 aliphatic carbocycles. The van der Waals surface area contributed by atoms with Gasteiger partial charge in [-0.3, -0.25) is 23.9 Å². The first-order valence-electron chi connectivity index (χ1n) is 8.43. The number of carbonyl (C=O) groups excluding carboxylic acids is 2. The van der Waals surface area contributed by atoms with E-state index in [1.165, 1.54) is 0 Å². The zero-order valence-electron chi connectivity index (χ0n) is 16.0. The van der Waals surface area contributed by atoms with E-state index in [1.807, 2.05) is 4.98 Å². The molecule has 0 aliphatic rings. The highest BCUT2D eigenvalue weighted by Gasteiger charge is 2.38. The number of alkyl halides is 3. The Kier molecular flexibility index (Phi) is 8.82. The third-order valence-electron chi connectivity index (χ3n) is 3.54. The number of hydrogen-bond donors (Lipinski definition) is 5. The van der Waals surface area contributed by atoms with Gasteiger partial charge in [-0.1, -0.05) is 12.1 Å². The third-order valence-corrected chi connectivity index (χ3v) is 3.54. The fourth-order valence-electron chi connectivity index (χ4n) is 2.03. The zero-order chi connectivity index (χ0) is 24.6. The number of nitrogens with two attached hydrogens (primary N) is 2. The van der Waals surface area contributed by atoms with Gasteiger partial charge in [0.25, 0.3) is 5.56 Å². The maximum absolute atomic E-state index is 13.2. The number of carboxylic acids is 1. The Hall–Kier alpha value is -4.01. The second-order valence-corrected chi connectivity index (χ2v) is 6.13. The first kappa shape index (κ1) is 26.0. The fraction of sp³-hybridized carbons (Fsp3) is 0.235. The van der Waals surface area contributed by atoms with E-state index in [0.29, 0.717) is 11.3 Å². The average Bonchev–Trinajstić information content (AvgIpc) is 2.66. The summed E-state index contributed by atoms with van der Waals surface area (Å²) < 4.78 is 46.0. The summed E-state index contributed by atoms with van der Waals surface area (Å²) >= 11 is 0. The molecule has 0 saturated heterocycles. The van der Waals surface area contributed by atoms with Gasteiger partial charge in [0, 0.05) is 5.69 Å². The van der Waals surface area contributed by atoms with Crippen LogP contribution >= 0.6 is 0 Å². The molecule has 11 nitrogen and oxygen atoms in total. The summed E-state index contributed by atoms with van der Waals surface area (Å²) in [7, 11) is 0. The van der Waals surface area contributed by atoms with E-state index < -0.39 is 47.1 Å². The molecule has 0 spiro atoms. The van der Waals surface area contributed by atoms with Gasteiger partial charge in [0.15, 0.2) is 0 Å². The highest BCUT2D eigenvalue weighted by atomic mass is 19.4. The SMILES string of the molecule is NC(=O)C[C@@H](N)C(=O)Nc1ccc(Cn2cc(F)c(=O)[nH]c2=O)cc1.O=C(O)C(F)(F)F. The lowest BCUT2D eigenvalue weighted by Gasteiger charge is -2.11. The molecule has 1 heterocycles. The second kappa shape index (κ2) is 10.9. The molecule has 0 unspecified atom stereocenters. The van der Waals surface area contributed by atoms with Crippen LogP contribution < -0.4 is 28.0 Å². The molecule has 0 bridgehead atoms. The van der Waals surface area contributed by atoms with Crippen LogP contribution in [0.15, 0.2) is 40.1 Å². The first-order valence-corrected chi connectivity index (χ1v) is 8.43. The van der Waals surface area contributed by atoms with Crippen molar-refractivity contribution in [2.24, 2.45) is 11.5 Å². The lowest BCUT2D eigenvalue weighted by atomic mass is 10.1. The molecular weight excluding hydrogens is 446 g/mol. The number of rotatable bonds is 6. The van der Waals surface area contributed by atoms with Crippen molar-refractivity contribution in [2.75, 3.05) is 5.32 Å². The zero-order valence-corrected chi connectivity index (χ0v) is 16.0. The maximum Gasteiger partial charge on any atom is 0.490 e. The Morgan fingerprint density at radius 2 is 1.69 bits per heavy atom. The number of benzene rings is 1. The summed E-state index contributed by atoms with van der Waals surface area (Å²) in [6.07, 6.45) is -4.54. The van der Waals surface area contributed by atoms with Crippen LogP contribution in [0.2, 0.25) is 0 Å². The van der Waals surface area contributed by atoms with E-state index in [9.17, 15) is 36.7 Å². The summed E-state index contributed by atoms with van der Waals surface area (Å²) in [5.74, 6) is -5.07. The third kappa shape index (κ3) is 8.39. The molecule has 0 radical (unpaired) electrons. The molecule has 32 heavy (non-hydrogen) atoms. The van der Waals surface area contributed by atoms with E-state index >= 15 is 0 Å². The predicted molar refractivity (Wildman–Crippen MR) is 101 cm³/mol. The minimum absolute atomic E-state index is 0.0297.